The monoisotopic (exact) mass is 418 g/mol. The van der Waals surface area contributed by atoms with Crippen molar-refractivity contribution in [1.29, 1.82) is 0 Å². The predicted molar refractivity (Wildman–Crippen MR) is 139 cm³/mol. The molecule has 0 atom stereocenters. The van der Waals surface area contributed by atoms with Crippen LogP contribution in [0.1, 0.15) is 22.6 Å². The highest BCUT2D eigenvalue weighted by atomic mass is 15.3. The van der Waals surface area contributed by atoms with Crippen molar-refractivity contribution in [3.8, 4) is 0 Å². The third-order valence-corrected chi connectivity index (χ3v) is 6.00. The Labute approximate surface area is 189 Å². The van der Waals surface area contributed by atoms with Gasteiger partial charge in [0, 0.05) is 5.92 Å². The van der Waals surface area contributed by atoms with Crippen LogP contribution in [-0.2, 0) is 0 Å². The molecule has 0 fully saturated rings. The van der Waals surface area contributed by atoms with Crippen LogP contribution < -0.4 is 13.4 Å². The smallest absolute Gasteiger partial charge is 0.132 e. The lowest BCUT2D eigenvalue weighted by atomic mass is 9.84. The number of rotatable bonds is 6. The summed E-state index contributed by atoms with van der Waals surface area (Å²) < 4.78 is 2.46. The largest absolute Gasteiger partial charge is 0.298 e. The highest BCUT2D eigenvalue weighted by Crippen LogP contribution is 2.35. The molecule has 0 amide bonds. The normalized spacial score (nSPS) is 13.0. The summed E-state index contributed by atoms with van der Waals surface area (Å²) in [6, 6.07) is 27.4. The Morgan fingerprint density at radius 3 is 0.710 bits per heavy atom. The molecular weight excluding hydrogens is 378 g/mol. The van der Waals surface area contributed by atoms with Crippen LogP contribution in [0, 0.1) is 0 Å². The van der Waals surface area contributed by atoms with Gasteiger partial charge in [-0.05, 0) is 53.1 Å². The van der Waals surface area contributed by atoms with E-state index in [2.05, 4.69) is 136 Å². The maximum atomic E-state index is 2.30. The summed E-state index contributed by atoms with van der Waals surface area (Å²) in [6.07, 6.45) is 0. The molecule has 0 unspecified atom stereocenters. The Hall–Kier alpha value is -2.46. The van der Waals surface area contributed by atoms with E-state index >= 15 is 0 Å². The maximum Gasteiger partial charge on any atom is 0.132 e. The molecular formula is C28H40N3+3. The first-order chi connectivity index (χ1) is 14.3. The van der Waals surface area contributed by atoms with Gasteiger partial charge in [0.05, 0.1) is 63.4 Å². The molecule has 3 aromatic carbocycles. The lowest BCUT2D eigenvalue weighted by molar-refractivity contribution is 0.486. The molecule has 0 saturated heterocycles. The van der Waals surface area contributed by atoms with Crippen molar-refractivity contribution in [2.45, 2.75) is 5.92 Å². The van der Waals surface area contributed by atoms with Gasteiger partial charge < -0.3 is 0 Å². The van der Waals surface area contributed by atoms with E-state index in [4.69, 9.17) is 0 Å². The molecule has 0 saturated carbocycles. The van der Waals surface area contributed by atoms with Gasteiger partial charge in [-0.25, -0.2) is 0 Å². The van der Waals surface area contributed by atoms with Crippen LogP contribution in [0.15, 0.2) is 72.8 Å². The number of quaternary nitrogens is 3. The molecule has 164 valence electrons. The molecule has 0 radical (unpaired) electrons. The highest BCUT2D eigenvalue weighted by molar-refractivity contribution is 5.53. The molecule has 0 aliphatic carbocycles. The van der Waals surface area contributed by atoms with Gasteiger partial charge in [-0.2, -0.15) is 0 Å². The minimum Gasteiger partial charge on any atom is -0.298 e. The Morgan fingerprint density at radius 1 is 0.355 bits per heavy atom. The van der Waals surface area contributed by atoms with Crippen LogP contribution in [0.3, 0.4) is 0 Å². The molecule has 0 aromatic heterocycles. The molecule has 3 nitrogen and oxygen atoms in total. The van der Waals surface area contributed by atoms with Gasteiger partial charge >= 0.3 is 0 Å². The average Bonchev–Trinajstić information content (AvgIpc) is 2.67. The van der Waals surface area contributed by atoms with Crippen molar-refractivity contribution in [3.05, 3.63) is 89.5 Å². The first kappa shape index (κ1) is 23.2. The fraction of sp³-hybridized carbons (Fsp3) is 0.357. The topological polar surface area (TPSA) is 0 Å². The van der Waals surface area contributed by atoms with E-state index in [1.54, 1.807) is 0 Å². The highest BCUT2D eigenvalue weighted by Gasteiger charge is 2.21. The molecule has 0 N–H and O–H groups in total. The molecule has 3 rings (SSSR count). The summed E-state index contributed by atoms with van der Waals surface area (Å²) in [7, 11) is 19.9. The van der Waals surface area contributed by atoms with Crippen LogP contribution in [0.2, 0.25) is 0 Å². The number of hydrogen-bond acceptors (Lipinski definition) is 0. The van der Waals surface area contributed by atoms with Crippen molar-refractivity contribution < 1.29 is 0 Å². The van der Waals surface area contributed by atoms with Gasteiger partial charge in [0.25, 0.3) is 0 Å². The average molecular weight is 419 g/mol. The first-order valence-corrected chi connectivity index (χ1v) is 11.0. The van der Waals surface area contributed by atoms with E-state index in [9.17, 15) is 0 Å². The predicted octanol–water partition coefficient (Wildman–Crippen LogP) is 5.46. The molecule has 3 heteroatoms. The fourth-order valence-electron chi connectivity index (χ4n) is 3.92. The summed E-state index contributed by atoms with van der Waals surface area (Å²) in [4.78, 5) is 0. The Morgan fingerprint density at radius 2 is 0.548 bits per heavy atom. The quantitative estimate of drug-likeness (QED) is 0.368. The van der Waals surface area contributed by atoms with Crippen molar-refractivity contribution in [1.82, 2.24) is 13.4 Å². The minimum atomic E-state index is 0.213. The molecule has 0 aliphatic heterocycles. The molecule has 0 spiro atoms. The van der Waals surface area contributed by atoms with Crippen molar-refractivity contribution in [2.24, 2.45) is 0 Å². The second kappa shape index (κ2) is 8.23. The van der Waals surface area contributed by atoms with Crippen LogP contribution in [0.5, 0.6) is 0 Å². The lowest BCUT2D eigenvalue weighted by Crippen LogP contribution is -2.34. The van der Waals surface area contributed by atoms with Gasteiger partial charge in [0.15, 0.2) is 0 Å². The summed E-state index contributed by atoms with van der Waals surface area (Å²) in [5.41, 5.74) is 7.91. The zero-order valence-electron chi connectivity index (χ0n) is 20.8. The second-order valence-corrected chi connectivity index (χ2v) is 11.2. The minimum absolute atomic E-state index is 0.213. The second-order valence-electron chi connectivity index (χ2n) is 11.2. The SMILES string of the molecule is C[N+](C)(C)c1ccc(C(c2ccc([N+](C)(C)C)cc2)c2ccc([N+](C)(C)C)cc2)cc1. The van der Waals surface area contributed by atoms with E-state index < -0.39 is 0 Å². The van der Waals surface area contributed by atoms with E-state index in [0.717, 1.165) is 13.4 Å². The van der Waals surface area contributed by atoms with Gasteiger partial charge in [-0.15, -0.1) is 0 Å². The van der Waals surface area contributed by atoms with Gasteiger partial charge in [0.1, 0.15) is 17.1 Å². The Kier molecular flexibility index (Phi) is 6.16. The van der Waals surface area contributed by atoms with E-state index in [1.165, 1.54) is 33.8 Å². The molecule has 0 bridgehead atoms. The number of hydrogen-bond donors (Lipinski definition) is 0. The van der Waals surface area contributed by atoms with Crippen molar-refractivity contribution in [3.63, 3.8) is 0 Å². The fourth-order valence-corrected chi connectivity index (χ4v) is 3.92. The maximum absolute atomic E-state index is 2.30. The van der Waals surface area contributed by atoms with Gasteiger partial charge in [-0.3, -0.25) is 13.4 Å². The van der Waals surface area contributed by atoms with Gasteiger partial charge in [-0.1, -0.05) is 36.4 Å². The summed E-state index contributed by atoms with van der Waals surface area (Å²) in [6.45, 7) is 0. The summed E-state index contributed by atoms with van der Waals surface area (Å²) in [5.74, 6) is 0.213. The van der Waals surface area contributed by atoms with Crippen LogP contribution in [0.25, 0.3) is 0 Å². The lowest BCUT2D eigenvalue weighted by Gasteiger charge is -2.27. The first-order valence-electron chi connectivity index (χ1n) is 11.0. The molecule has 3 aromatic rings. The van der Waals surface area contributed by atoms with Crippen LogP contribution in [-0.4, -0.2) is 63.4 Å². The van der Waals surface area contributed by atoms with E-state index in [-0.39, 0.29) is 5.92 Å². The Bertz CT molecular complexity index is 858. The summed E-state index contributed by atoms with van der Waals surface area (Å²) in [5, 5.41) is 0. The van der Waals surface area contributed by atoms with Crippen molar-refractivity contribution in [2.75, 3.05) is 63.4 Å². The zero-order valence-corrected chi connectivity index (χ0v) is 20.8. The van der Waals surface area contributed by atoms with E-state index in [0.29, 0.717) is 0 Å². The third kappa shape index (κ3) is 5.43. The summed E-state index contributed by atoms with van der Waals surface area (Å²) >= 11 is 0. The standard InChI is InChI=1S/C28H40N3/c1-29(2,3)25-16-10-22(11-17-25)28(23-12-18-26(19-13-23)30(4,5)6)24-14-20-27(21-15-24)31(7,8)9/h10-21,28H,1-9H3/q+3. The van der Waals surface area contributed by atoms with Crippen molar-refractivity contribution >= 4 is 17.1 Å². The zero-order chi connectivity index (χ0) is 23.0. The Balaban J connectivity index is 2.08. The van der Waals surface area contributed by atoms with E-state index in [1.807, 2.05) is 0 Å². The third-order valence-electron chi connectivity index (χ3n) is 6.00. The molecule has 31 heavy (non-hydrogen) atoms. The number of nitrogens with zero attached hydrogens (tertiary/aromatic N) is 3. The van der Waals surface area contributed by atoms with Gasteiger partial charge in [0.2, 0.25) is 0 Å². The molecule has 0 heterocycles. The number of benzene rings is 3. The van der Waals surface area contributed by atoms with Crippen LogP contribution >= 0.6 is 0 Å². The molecule has 0 aliphatic rings. The van der Waals surface area contributed by atoms with Crippen LogP contribution in [0.4, 0.5) is 17.1 Å².